The SMILES string of the molecule is CCOC(=O)C1=C(C)N=c2s/c(=C\c3c4ccccc4cc4ccccc34)c(=O)n2C1c1ccccc1. The van der Waals surface area contributed by atoms with Gasteiger partial charge in [-0.3, -0.25) is 9.36 Å². The van der Waals surface area contributed by atoms with E-state index in [0.29, 0.717) is 20.6 Å². The lowest BCUT2D eigenvalue weighted by atomic mass is 9.96. The summed E-state index contributed by atoms with van der Waals surface area (Å²) in [6.45, 7) is 3.82. The van der Waals surface area contributed by atoms with Crippen LogP contribution < -0.4 is 14.9 Å². The Hall–Kier alpha value is -4.29. The molecule has 2 heterocycles. The number of hydrogen-bond acceptors (Lipinski definition) is 5. The molecular formula is C31H24N2O3S. The number of fused-ring (bicyclic) bond motifs is 3. The van der Waals surface area contributed by atoms with Gasteiger partial charge in [0, 0.05) is 0 Å². The van der Waals surface area contributed by atoms with E-state index in [1.165, 1.54) is 11.3 Å². The minimum absolute atomic E-state index is 0.177. The first-order valence-corrected chi connectivity index (χ1v) is 13.0. The van der Waals surface area contributed by atoms with Crippen molar-refractivity contribution in [1.29, 1.82) is 0 Å². The van der Waals surface area contributed by atoms with E-state index < -0.39 is 12.0 Å². The fourth-order valence-corrected chi connectivity index (χ4v) is 6.11. The molecule has 0 radical (unpaired) electrons. The summed E-state index contributed by atoms with van der Waals surface area (Å²) in [5.41, 5.74) is 2.61. The Kier molecular flexibility index (Phi) is 5.81. The van der Waals surface area contributed by atoms with Gasteiger partial charge < -0.3 is 4.74 Å². The van der Waals surface area contributed by atoms with Gasteiger partial charge in [-0.1, -0.05) is 90.2 Å². The average molecular weight is 505 g/mol. The Bertz CT molecular complexity index is 1840. The summed E-state index contributed by atoms with van der Waals surface area (Å²) < 4.78 is 7.59. The van der Waals surface area contributed by atoms with Crippen LogP contribution in [0.1, 0.15) is 31.0 Å². The van der Waals surface area contributed by atoms with Crippen LogP contribution in [0.3, 0.4) is 0 Å². The fourth-order valence-electron chi connectivity index (χ4n) is 5.08. The molecule has 1 unspecified atom stereocenters. The molecule has 1 aliphatic heterocycles. The second-order valence-electron chi connectivity index (χ2n) is 8.95. The summed E-state index contributed by atoms with van der Waals surface area (Å²) >= 11 is 1.35. The van der Waals surface area contributed by atoms with Crippen molar-refractivity contribution in [3.05, 3.63) is 127 Å². The van der Waals surface area contributed by atoms with Gasteiger partial charge in [-0.15, -0.1) is 0 Å². The number of rotatable bonds is 4. The maximum absolute atomic E-state index is 14.0. The number of hydrogen-bond donors (Lipinski definition) is 0. The molecule has 0 saturated carbocycles. The average Bonchev–Trinajstić information content (AvgIpc) is 3.22. The molecule has 5 aromatic rings. The molecule has 0 aliphatic carbocycles. The van der Waals surface area contributed by atoms with E-state index in [0.717, 1.165) is 32.7 Å². The van der Waals surface area contributed by atoms with E-state index in [2.05, 4.69) is 30.3 Å². The van der Waals surface area contributed by atoms with Crippen LogP contribution in [0.4, 0.5) is 0 Å². The predicted molar refractivity (Wildman–Crippen MR) is 148 cm³/mol. The van der Waals surface area contributed by atoms with Gasteiger partial charge in [-0.2, -0.15) is 0 Å². The molecule has 0 N–H and O–H groups in total. The first-order valence-electron chi connectivity index (χ1n) is 12.2. The standard InChI is InChI=1S/C31H24N2O3S/c1-3-36-30(35)27-19(2)32-31-33(28(27)20-11-5-4-6-12-20)29(34)26(37-31)18-25-23-15-9-7-13-21(23)17-22-14-8-10-16-24(22)25/h4-18,28H,3H2,1-2H3/b26-18-. The number of esters is 1. The molecule has 0 spiro atoms. The van der Waals surface area contributed by atoms with Gasteiger partial charge >= 0.3 is 5.97 Å². The van der Waals surface area contributed by atoms with Gasteiger partial charge in [0.05, 0.1) is 28.5 Å². The third-order valence-electron chi connectivity index (χ3n) is 6.72. The number of aromatic nitrogens is 1. The maximum Gasteiger partial charge on any atom is 0.338 e. The van der Waals surface area contributed by atoms with E-state index in [4.69, 9.17) is 9.73 Å². The Morgan fingerprint density at radius 2 is 1.59 bits per heavy atom. The van der Waals surface area contributed by atoms with Crippen molar-refractivity contribution in [3.63, 3.8) is 0 Å². The fraction of sp³-hybridized carbons (Fsp3) is 0.129. The minimum Gasteiger partial charge on any atom is -0.463 e. The normalized spacial score (nSPS) is 15.6. The first-order chi connectivity index (χ1) is 18.1. The van der Waals surface area contributed by atoms with Crippen molar-refractivity contribution < 1.29 is 9.53 Å². The molecule has 6 rings (SSSR count). The van der Waals surface area contributed by atoms with E-state index in [9.17, 15) is 9.59 Å². The molecule has 0 amide bonds. The van der Waals surface area contributed by atoms with E-state index >= 15 is 0 Å². The zero-order valence-corrected chi connectivity index (χ0v) is 21.3. The van der Waals surface area contributed by atoms with Gasteiger partial charge in [0.2, 0.25) is 0 Å². The molecule has 0 bridgehead atoms. The molecule has 6 heteroatoms. The van der Waals surface area contributed by atoms with Gasteiger partial charge in [0.15, 0.2) is 4.80 Å². The topological polar surface area (TPSA) is 60.7 Å². The zero-order valence-electron chi connectivity index (χ0n) is 20.5. The lowest BCUT2D eigenvalue weighted by molar-refractivity contribution is -0.139. The summed E-state index contributed by atoms with van der Waals surface area (Å²) in [5, 5.41) is 4.38. The second-order valence-corrected chi connectivity index (χ2v) is 9.95. The number of thiazole rings is 1. The van der Waals surface area contributed by atoms with Crippen LogP contribution >= 0.6 is 11.3 Å². The third kappa shape index (κ3) is 3.90. The summed E-state index contributed by atoms with van der Waals surface area (Å²) in [4.78, 5) is 32.3. The highest BCUT2D eigenvalue weighted by molar-refractivity contribution is 7.07. The van der Waals surface area contributed by atoms with E-state index in [1.54, 1.807) is 18.4 Å². The molecule has 0 saturated heterocycles. The maximum atomic E-state index is 14.0. The lowest BCUT2D eigenvalue weighted by Crippen LogP contribution is -2.39. The summed E-state index contributed by atoms with van der Waals surface area (Å²) in [6, 6.07) is 27.6. The lowest BCUT2D eigenvalue weighted by Gasteiger charge is -2.24. The van der Waals surface area contributed by atoms with Gasteiger partial charge in [0.25, 0.3) is 5.56 Å². The Labute approximate surface area is 217 Å². The molecule has 37 heavy (non-hydrogen) atoms. The third-order valence-corrected chi connectivity index (χ3v) is 7.70. The Morgan fingerprint density at radius 1 is 0.973 bits per heavy atom. The highest BCUT2D eigenvalue weighted by Gasteiger charge is 2.33. The molecule has 4 aromatic carbocycles. The Morgan fingerprint density at radius 3 is 2.24 bits per heavy atom. The largest absolute Gasteiger partial charge is 0.463 e. The molecule has 5 nitrogen and oxygen atoms in total. The molecular weight excluding hydrogens is 480 g/mol. The molecule has 1 aromatic heterocycles. The molecule has 1 aliphatic rings. The quantitative estimate of drug-likeness (QED) is 0.253. The van der Waals surface area contributed by atoms with Crippen LogP contribution in [0.2, 0.25) is 0 Å². The van der Waals surface area contributed by atoms with Crippen molar-refractivity contribution in [2.24, 2.45) is 4.99 Å². The highest BCUT2D eigenvalue weighted by atomic mass is 32.1. The summed E-state index contributed by atoms with van der Waals surface area (Å²) in [5.74, 6) is -0.452. The van der Waals surface area contributed by atoms with Gasteiger partial charge in [-0.25, -0.2) is 9.79 Å². The smallest absolute Gasteiger partial charge is 0.338 e. The van der Waals surface area contributed by atoms with Crippen LogP contribution in [0.25, 0.3) is 27.6 Å². The monoisotopic (exact) mass is 504 g/mol. The van der Waals surface area contributed by atoms with Crippen molar-refractivity contribution in [1.82, 2.24) is 4.57 Å². The van der Waals surface area contributed by atoms with Gasteiger partial charge in [0.1, 0.15) is 0 Å². The van der Waals surface area contributed by atoms with Crippen molar-refractivity contribution >= 4 is 44.9 Å². The Balaban J connectivity index is 1.64. The number of carbonyl (C=O) groups is 1. The number of benzene rings is 4. The first kappa shape index (κ1) is 23.1. The van der Waals surface area contributed by atoms with Crippen molar-refractivity contribution in [2.45, 2.75) is 19.9 Å². The van der Waals surface area contributed by atoms with Crippen LogP contribution in [0, 0.1) is 0 Å². The number of nitrogens with zero attached hydrogens (tertiary/aromatic N) is 2. The highest BCUT2D eigenvalue weighted by Crippen LogP contribution is 2.31. The minimum atomic E-state index is -0.608. The van der Waals surface area contributed by atoms with Crippen molar-refractivity contribution in [3.8, 4) is 0 Å². The number of allylic oxidation sites excluding steroid dienone is 1. The zero-order chi connectivity index (χ0) is 25.5. The molecule has 1 atom stereocenters. The predicted octanol–water partition coefficient (Wildman–Crippen LogP) is 5.10. The second kappa shape index (κ2) is 9.30. The number of carbonyl (C=O) groups excluding carboxylic acids is 1. The molecule has 182 valence electrons. The van der Waals surface area contributed by atoms with Crippen LogP contribution in [0.15, 0.2) is 106 Å². The van der Waals surface area contributed by atoms with Crippen LogP contribution in [-0.2, 0) is 9.53 Å². The van der Waals surface area contributed by atoms with Crippen molar-refractivity contribution in [2.75, 3.05) is 6.61 Å². The molecule has 0 fully saturated rings. The summed E-state index contributed by atoms with van der Waals surface area (Å²) in [7, 11) is 0. The van der Waals surface area contributed by atoms with E-state index in [1.807, 2.05) is 60.7 Å². The van der Waals surface area contributed by atoms with Crippen LogP contribution in [0.5, 0.6) is 0 Å². The van der Waals surface area contributed by atoms with Crippen LogP contribution in [-0.4, -0.2) is 17.1 Å². The van der Waals surface area contributed by atoms with Gasteiger partial charge in [-0.05, 0) is 58.7 Å². The van der Waals surface area contributed by atoms with E-state index in [-0.39, 0.29) is 12.2 Å². The summed E-state index contributed by atoms with van der Waals surface area (Å²) in [6.07, 6.45) is 1.97. The number of ether oxygens (including phenoxy) is 1.